The van der Waals surface area contributed by atoms with Gasteiger partial charge in [0.1, 0.15) is 42.0 Å². The van der Waals surface area contributed by atoms with Crippen molar-refractivity contribution in [1.29, 1.82) is 0 Å². The summed E-state index contributed by atoms with van der Waals surface area (Å²) in [5.41, 5.74) is 16.7. The number of pyridine rings is 6. The summed E-state index contributed by atoms with van der Waals surface area (Å²) < 4.78 is 41.2. The number of halogens is 2. The Morgan fingerprint density at radius 1 is 0.510 bits per heavy atom. The fraction of sp³-hybridized carbons (Fsp3) is 0.333. The molecule has 0 aliphatic rings. The highest BCUT2D eigenvalue weighted by atomic mass is 32.1. The van der Waals surface area contributed by atoms with Gasteiger partial charge in [0, 0.05) is 157 Å². The Kier molecular flexibility index (Phi) is 43.1. The number of amides is 1. The van der Waals surface area contributed by atoms with Crippen LogP contribution in [0, 0.1) is 57.1 Å². The first-order chi connectivity index (χ1) is 70.7. The maximum absolute atomic E-state index is 13.4. The molecule has 0 saturated heterocycles. The van der Waals surface area contributed by atoms with E-state index in [-0.39, 0.29) is 58.0 Å². The third-order valence-electron chi connectivity index (χ3n) is 24.0. The second-order valence-corrected chi connectivity index (χ2v) is 37.4. The maximum Gasteiger partial charge on any atom is 0.335 e. The van der Waals surface area contributed by atoms with Crippen LogP contribution in [-0.4, -0.2) is 178 Å². The number of aliphatic hydroxyl groups is 1. The Labute approximate surface area is 859 Å². The number of ether oxygens (including phenoxy) is 1. The van der Waals surface area contributed by atoms with Crippen LogP contribution in [0.25, 0.3) is 10.9 Å². The zero-order chi connectivity index (χ0) is 105. The van der Waals surface area contributed by atoms with Crippen molar-refractivity contribution in [2.75, 3.05) is 33.7 Å². The number of benzene rings is 4. The van der Waals surface area contributed by atoms with Crippen LogP contribution in [0.15, 0.2) is 224 Å². The molecule has 33 heteroatoms. The van der Waals surface area contributed by atoms with Crippen molar-refractivity contribution in [3.05, 3.63) is 382 Å². The van der Waals surface area contributed by atoms with Crippen LogP contribution in [0.2, 0.25) is 0 Å². The summed E-state index contributed by atoms with van der Waals surface area (Å²) in [6, 6.07) is 59.4. The highest BCUT2D eigenvalue weighted by Crippen LogP contribution is 2.28. The van der Waals surface area contributed by atoms with E-state index in [4.69, 9.17) is 14.8 Å². The van der Waals surface area contributed by atoms with Crippen molar-refractivity contribution in [3.8, 4) is 17.7 Å². The second-order valence-electron chi connectivity index (χ2n) is 36.4. The molecule has 7 N–H and O–H groups in total. The van der Waals surface area contributed by atoms with Gasteiger partial charge in [0.2, 0.25) is 11.8 Å². The van der Waals surface area contributed by atoms with Gasteiger partial charge in [-0.1, -0.05) is 86.6 Å². The van der Waals surface area contributed by atoms with E-state index < -0.39 is 29.8 Å². The molecule has 1 atom stereocenters. The summed E-state index contributed by atoms with van der Waals surface area (Å²) in [4.78, 5) is 100. The summed E-state index contributed by atoms with van der Waals surface area (Å²) in [5.74, 6) is 4.63. The van der Waals surface area contributed by atoms with Gasteiger partial charge in [-0.25, -0.2) is 37.7 Å². The number of thiophene rings is 1. The average molecular weight is 2020 g/mol. The molecule has 1 amide bonds. The lowest BCUT2D eigenvalue weighted by molar-refractivity contribution is -0.131. The summed E-state index contributed by atoms with van der Waals surface area (Å²) >= 11 is 1.68. The molecular formula is C114H129F2N17O13S. The summed E-state index contributed by atoms with van der Waals surface area (Å²) in [7, 11) is 3.98. The standard InChI is InChI=1S/C26H30N2O4.C24H23FN4O2S.C24H24FN3O2.C23H25N5O2.C17H27N3O3/c1-18(2)13-20-11-12-25(32-17-19-7-4-3-5-8-19)28-24(20)10-6-9-22-14-21(26(30)31)15-23(16-29)27-22;1-16-12-18(24(30)31)13-20(26-16)4-2-6-22-27-28-23(14-21-5-3-11-32-21)29(22)15-17-7-9-19(25)10-8-17;1-3-4-7-23(18-8-10-20(25)11-9-18)28-12-5-6-22(28)16-26-15-21-14-19(24(29)30)13-17(2)27-21;1-3-27-10-9-18-12-17(7-8-21(18)27)14-28-15-24-26-22(28)6-4-5-20-13-19(23(29)30)11-16(2)25-20;1-5-20(10-9-19(3)4)16(21)8-6-7-15-12-14(17(22)23)11-13(2)18-15/h3-5,7-8,11-12,14-15,18,29H,6,9-10,13,16-17H2,1-2H3,(H,30,31);3,5,7-13H,2,4,6,14-15H2,1H3,(H,30,31);5-6,8-14,23,26H,7,15-16H2,1-2H3,(H,29,30);7-13,15H,3-6,14H2,1-2H3,(H,29,30);11-12H,5-10H2,1-4H3,(H,22,23). The number of hydrogen-bond acceptors (Lipinski definition) is 21. The number of carbonyl (C=O) groups is 6. The van der Waals surface area contributed by atoms with Crippen molar-refractivity contribution in [2.24, 2.45) is 5.92 Å². The van der Waals surface area contributed by atoms with E-state index in [9.17, 15) is 63.1 Å². The van der Waals surface area contributed by atoms with Crippen molar-refractivity contribution >= 4 is 58.0 Å². The van der Waals surface area contributed by atoms with E-state index in [0.717, 1.165) is 133 Å². The predicted octanol–water partition coefficient (Wildman–Crippen LogP) is 19.3. The van der Waals surface area contributed by atoms with Crippen molar-refractivity contribution in [3.63, 3.8) is 0 Å². The number of aromatic carboxylic acids is 5. The highest BCUT2D eigenvalue weighted by molar-refractivity contribution is 7.09. The number of rotatable bonds is 45. The molecule has 0 aliphatic heterocycles. The molecule has 0 bridgehead atoms. The van der Waals surface area contributed by atoms with Crippen LogP contribution in [0.4, 0.5) is 8.78 Å². The molecule has 0 radical (unpaired) electrons. The smallest absolute Gasteiger partial charge is 0.335 e. The Morgan fingerprint density at radius 3 is 1.63 bits per heavy atom. The number of carbonyl (C=O) groups excluding carboxylic acids is 1. The van der Waals surface area contributed by atoms with E-state index in [0.29, 0.717) is 137 Å². The van der Waals surface area contributed by atoms with Gasteiger partial charge in [-0.05, 0) is 293 Å². The van der Waals surface area contributed by atoms with E-state index in [1.807, 2.05) is 99.0 Å². The molecule has 147 heavy (non-hydrogen) atoms. The lowest BCUT2D eigenvalue weighted by Crippen LogP contribution is -2.36. The first-order valence-electron chi connectivity index (χ1n) is 49.2. The molecule has 0 aliphatic carbocycles. The van der Waals surface area contributed by atoms with Crippen LogP contribution in [0.5, 0.6) is 5.88 Å². The van der Waals surface area contributed by atoms with Gasteiger partial charge in [-0.15, -0.1) is 43.6 Å². The minimum atomic E-state index is -1.02. The zero-order valence-corrected chi connectivity index (χ0v) is 85.9. The number of carboxylic acid groups (broad SMARTS) is 5. The molecule has 1 unspecified atom stereocenters. The number of nitrogens with one attached hydrogen (secondary N) is 1. The first kappa shape index (κ1) is 112. The number of likely N-dealkylation sites (N-methyl/N-ethyl adjacent to an activating group) is 2. The molecule has 30 nitrogen and oxygen atoms in total. The van der Waals surface area contributed by atoms with Crippen LogP contribution in [-0.2, 0) is 109 Å². The van der Waals surface area contributed by atoms with Crippen molar-refractivity contribution in [2.45, 2.75) is 211 Å². The fourth-order valence-corrected chi connectivity index (χ4v) is 17.5. The molecule has 0 spiro atoms. The van der Waals surface area contributed by atoms with Crippen molar-refractivity contribution < 1.29 is 72.9 Å². The SMILES string of the molecule is CC#CCC(c1ccc(F)cc1)n1cccc1CNCc1cc(C(=O)O)cc(C)n1.CC(C)Cc1ccc(OCc2ccccc2)nc1CCCc1cc(C(=O)O)cc(CO)n1.CCN(CCN(C)C)C(=O)CCCc1cc(C(=O)O)cc(C)n1.CCn1ccc2cc(Cn3cnnc3CCCc3cc(C(=O)O)cc(C)n3)ccc21.Cc1cc(C(=O)O)cc(CCCc2nnc(Cc3cccs3)n2Cc2ccc(F)cc2)n1. The van der Waals surface area contributed by atoms with E-state index in [1.54, 1.807) is 124 Å². The number of aliphatic hydroxyl groups excluding tert-OH is 1. The fourth-order valence-electron chi connectivity index (χ4n) is 16.8. The van der Waals surface area contributed by atoms with Gasteiger partial charge < -0.3 is 68.8 Å². The largest absolute Gasteiger partial charge is 0.478 e. The number of aryl methyl sites for hydroxylation is 12. The van der Waals surface area contributed by atoms with Gasteiger partial charge in [-0.2, -0.15) is 0 Å². The molecule has 4 aromatic carbocycles. The van der Waals surface area contributed by atoms with E-state index >= 15 is 0 Å². The van der Waals surface area contributed by atoms with Crippen LogP contribution >= 0.6 is 11.3 Å². The lowest BCUT2D eigenvalue weighted by Gasteiger charge is -2.22. The number of carboxylic acids is 5. The van der Waals surface area contributed by atoms with Crippen LogP contribution < -0.4 is 10.1 Å². The normalized spacial score (nSPS) is 11.2. The summed E-state index contributed by atoms with van der Waals surface area (Å²) in [5, 5.41) is 79.3. The molecule has 15 aromatic rings. The van der Waals surface area contributed by atoms with E-state index in [1.165, 1.54) is 57.2 Å². The van der Waals surface area contributed by atoms with Gasteiger partial charge in [0.25, 0.3) is 0 Å². The van der Waals surface area contributed by atoms with Crippen molar-refractivity contribution in [1.82, 2.24) is 83.7 Å². The van der Waals surface area contributed by atoms with Crippen LogP contribution in [0.1, 0.15) is 249 Å². The summed E-state index contributed by atoms with van der Waals surface area (Å²) in [6.45, 7) is 23.2. The second kappa shape index (κ2) is 56.7. The minimum Gasteiger partial charge on any atom is -0.478 e. The Hall–Kier alpha value is -15.5. The molecule has 11 aromatic heterocycles. The topological polar surface area (TPSA) is 400 Å². The van der Waals surface area contributed by atoms with Gasteiger partial charge in [-0.3, -0.25) is 29.7 Å². The molecule has 768 valence electrons. The van der Waals surface area contributed by atoms with Crippen LogP contribution in [0.3, 0.4) is 0 Å². The Balaban J connectivity index is 0.000000175. The van der Waals surface area contributed by atoms with E-state index in [2.05, 4.69) is 149 Å². The third kappa shape index (κ3) is 35.8. The highest BCUT2D eigenvalue weighted by Gasteiger charge is 2.22. The molecule has 15 rings (SSSR count). The molecule has 0 saturated carbocycles. The monoisotopic (exact) mass is 2010 g/mol. The molecular weight excluding hydrogens is 1890 g/mol. The van der Waals surface area contributed by atoms with Gasteiger partial charge in [0.15, 0.2) is 0 Å². The third-order valence-corrected chi connectivity index (χ3v) is 24.9. The Morgan fingerprint density at radius 2 is 1.06 bits per heavy atom. The van der Waals surface area contributed by atoms with Gasteiger partial charge in [0.05, 0.1) is 64.9 Å². The Bertz CT molecular complexity index is 6940. The average Bonchev–Trinajstić information content (AvgIpc) is 1.71. The minimum absolute atomic E-state index is 0.0273. The number of hydrogen-bond donors (Lipinski definition) is 7. The zero-order valence-electron chi connectivity index (χ0n) is 85.1. The number of aromatic nitrogens is 14. The number of nitrogens with zero attached hydrogens (tertiary/aromatic N) is 16. The quantitative estimate of drug-likeness (QED) is 0.0174. The maximum atomic E-state index is 13.4. The van der Waals surface area contributed by atoms with Gasteiger partial charge >= 0.3 is 29.8 Å². The predicted molar refractivity (Wildman–Crippen MR) is 561 cm³/mol. The lowest BCUT2D eigenvalue weighted by atomic mass is 9.98. The summed E-state index contributed by atoms with van der Waals surface area (Å²) in [6.07, 6.45) is 16.3. The first-order valence-corrected chi connectivity index (χ1v) is 50.0. The molecule has 11 heterocycles. The molecule has 0 fully saturated rings. The number of fused-ring (bicyclic) bond motifs is 1.